The topological polar surface area (TPSA) is 38.7 Å². The standard InChI is InChI=1S/C18H20O3/c1-20-16-9-6-12-4-2-3-5-15(12)17(16)18(19)10-13-7-8-14(11-18)21-13/h2-6,9,13-14,19H,7-8,10-11H2,1H3. The Balaban J connectivity index is 1.92. The van der Waals surface area contributed by atoms with Gasteiger partial charge in [0.2, 0.25) is 0 Å². The number of rotatable bonds is 2. The van der Waals surface area contributed by atoms with Crippen molar-refractivity contribution in [3.8, 4) is 5.75 Å². The number of fused-ring (bicyclic) bond motifs is 3. The fraction of sp³-hybridized carbons (Fsp3) is 0.444. The van der Waals surface area contributed by atoms with Gasteiger partial charge in [0.05, 0.1) is 24.9 Å². The number of aliphatic hydroxyl groups is 1. The average Bonchev–Trinajstić information content (AvgIpc) is 2.85. The lowest BCUT2D eigenvalue weighted by molar-refractivity contribution is -0.115. The lowest BCUT2D eigenvalue weighted by atomic mass is 9.80. The number of methoxy groups -OCH3 is 1. The van der Waals surface area contributed by atoms with Crippen LogP contribution in [0.4, 0.5) is 0 Å². The second-order valence-electron chi connectivity index (χ2n) is 6.26. The van der Waals surface area contributed by atoms with Gasteiger partial charge in [-0.05, 0) is 29.7 Å². The van der Waals surface area contributed by atoms with Gasteiger partial charge < -0.3 is 14.6 Å². The molecular weight excluding hydrogens is 264 g/mol. The molecule has 0 aromatic heterocycles. The Morgan fingerprint density at radius 2 is 1.81 bits per heavy atom. The molecule has 2 aliphatic heterocycles. The average molecular weight is 284 g/mol. The second kappa shape index (κ2) is 4.72. The van der Waals surface area contributed by atoms with Crippen molar-refractivity contribution in [2.75, 3.05) is 7.11 Å². The number of benzene rings is 2. The van der Waals surface area contributed by atoms with E-state index in [2.05, 4.69) is 18.2 Å². The largest absolute Gasteiger partial charge is 0.496 e. The van der Waals surface area contributed by atoms with Crippen molar-refractivity contribution in [2.45, 2.75) is 43.5 Å². The molecular formula is C18H20O3. The Kier molecular flexibility index (Phi) is 2.95. The molecule has 1 N–H and O–H groups in total. The second-order valence-corrected chi connectivity index (χ2v) is 6.26. The van der Waals surface area contributed by atoms with Crippen LogP contribution in [-0.2, 0) is 10.3 Å². The van der Waals surface area contributed by atoms with Crippen molar-refractivity contribution in [1.29, 1.82) is 0 Å². The van der Waals surface area contributed by atoms with Crippen LogP contribution < -0.4 is 4.74 Å². The first kappa shape index (κ1) is 13.1. The summed E-state index contributed by atoms with van der Waals surface area (Å²) in [5, 5.41) is 13.6. The fourth-order valence-corrected chi connectivity index (χ4v) is 4.02. The minimum absolute atomic E-state index is 0.178. The van der Waals surface area contributed by atoms with Gasteiger partial charge in [0.1, 0.15) is 5.75 Å². The molecule has 0 radical (unpaired) electrons. The first-order chi connectivity index (χ1) is 10.2. The Labute approximate surface area is 124 Å². The van der Waals surface area contributed by atoms with Gasteiger partial charge in [-0.2, -0.15) is 0 Å². The van der Waals surface area contributed by atoms with Crippen molar-refractivity contribution in [3.05, 3.63) is 42.0 Å². The van der Waals surface area contributed by atoms with Crippen LogP contribution in [0.3, 0.4) is 0 Å². The van der Waals surface area contributed by atoms with E-state index in [-0.39, 0.29) is 12.2 Å². The molecule has 2 saturated heterocycles. The van der Waals surface area contributed by atoms with Crippen LogP contribution in [0.25, 0.3) is 10.8 Å². The molecule has 2 atom stereocenters. The maximum Gasteiger partial charge on any atom is 0.125 e. The van der Waals surface area contributed by atoms with Crippen LogP contribution >= 0.6 is 0 Å². The minimum Gasteiger partial charge on any atom is -0.496 e. The van der Waals surface area contributed by atoms with Crippen molar-refractivity contribution >= 4 is 10.8 Å². The summed E-state index contributed by atoms with van der Waals surface area (Å²) in [6.45, 7) is 0. The minimum atomic E-state index is -0.851. The first-order valence-electron chi connectivity index (χ1n) is 7.64. The third kappa shape index (κ3) is 2.03. The predicted molar refractivity (Wildman–Crippen MR) is 81.5 cm³/mol. The van der Waals surface area contributed by atoms with Crippen LogP contribution in [0.5, 0.6) is 5.75 Å². The van der Waals surface area contributed by atoms with Gasteiger partial charge >= 0.3 is 0 Å². The molecule has 0 amide bonds. The summed E-state index contributed by atoms with van der Waals surface area (Å²) in [5.74, 6) is 0.775. The zero-order chi connectivity index (χ0) is 14.4. The molecule has 0 saturated carbocycles. The lowest BCUT2D eigenvalue weighted by Crippen LogP contribution is -2.39. The Hall–Kier alpha value is -1.58. The molecule has 2 aromatic carbocycles. The molecule has 2 unspecified atom stereocenters. The summed E-state index contributed by atoms with van der Waals surface area (Å²) in [6, 6.07) is 12.2. The molecule has 21 heavy (non-hydrogen) atoms. The van der Waals surface area contributed by atoms with Gasteiger partial charge in [-0.1, -0.05) is 30.3 Å². The fourth-order valence-electron chi connectivity index (χ4n) is 4.02. The predicted octanol–water partition coefficient (Wildman–Crippen LogP) is 3.38. The maximum atomic E-state index is 11.4. The van der Waals surface area contributed by atoms with Gasteiger partial charge in [-0.15, -0.1) is 0 Å². The van der Waals surface area contributed by atoms with Crippen molar-refractivity contribution in [1.82, 2.24) is 0 Å². The molecule has 2 aliphatic rings. The summed E-state index contributed by atoms with van der Waals surface area (Å²) < 4.78 is 11.5. The smallest absolute Gasteiger partial charge is 0.125 e. The highest BCUT2D eigenvalue weighted by Crippen LogP contribution is 2.48. The molecule has 110 valence electrons. The molecule has 2 bridgehead atoms. The highest BCUT2D eigenvalue weighted by Gasteiger charge is 2.46. The highest BCUT2D eigenvalue weighted by molar-refractivity contribution is 5.88. The van der Waals surface area contributed by atoms with Crippen molar-refractivity contribution in [3.63, 3.8) is 0 Å². The zero-order valence-corrected chi connectivity index (χ0v) is 12.2. The number of hydrogen-bond acceptors (Lipinski definition) is 3. The van der Waals surface area contributed by atoms with Gasteiger partial charge in [-0.25, -0.2) is 0 Å². The quantitative estimate of drug-likeness (QED) is 0.919. The van der Waals surface area contributed by atoms with Crippen LogP contribution in [-0.4, -0.2) is 24.4 Å². The van der Waals surface area contributed by atoms with Gasteiger partial charge in [-0.3, -0.25) is 0 Å². The van der Waals surface area contributed by atoms with Crippen LogP contribution in [0.15, 0.2) is 36.4 Å². The van der Waals surface area contributed by atoms with E-state index in [1.54, 1.807) is 7.11 Å². The van der Waals surface area contributed by atoms with E-state index >= 15 is 0 Å². The number of hydrogen-bond donors (Lipinski definition) is 1. The monoisotopic (exact) mass is 284 g/mol. The Morgan fingerprint density at radius 1 is 1.10 bits per heavy atom. The van der Waals surface area contributed by atoms with E-state index in [0.29, 0.717) is 12.8 Å². The molecule has 3 nitrogen and oxygen atoms in total. The van der Waals surface area contributed by atoms with Crippen LogP contribution in [0.1, 0.15) is 31.2 Å². The summed E-state index contributed by atoms with van der Waals surface area (Å²) in [7, 11) is 1.67. The summed E-state index contributed by atoms with van der Waals surface area (Å²) in [5.41, 5.74) is 0.0827. The SMILES string of the molecule is COc1ccc2ccccc2c1C1(O)CC2CCC(C1)O2. The molecule has 2 fully saturated rings. The molecule has 2 heterocycles. The van der Waals surface area contributed by atoms with E-state index in [4.69, 9.17) is 9.47 Å². The normalized spacial score (nSPS) is 31.5. The summed E-state index contributed by atoms with van der Waals surface area (Å²) in [4.78, 5) is 0. The van der Waals surface area contributed by atoms with Crippen molar-refractivity contribution < 1.29 is 14.6 Å². The molecule has 0 spiro atoms. The first-order valence-corrected chi connectivity index (χ1v) is 7.64. The highest BCUT2D eigenvalue weighted by atomic mass is 16.5. The van der Waals surface area contributed by atoms with Gasteiger partial charge in [0.15, 0.2) is 0 Å². The van der Waals surface area contributed by atoms with E-state index in [1.807, 2.05) is 18.2 Å². The molecule has 4 rings (SSSR count). The van der Waals surface area contributed by atoms with E-state index in [1.165, 1.54) is 0 Å². The van der Waals surface area contributed by atoms with E-state index < -0.39 is 5.60 Å². The maximum absolute atomic E-state index is 11.4. The third-order valence-electron chi connectivity index (χ3n) is 4.90. The third-order valence-corrected chi connectivity index (χ3v) is 4.90. The number of ether oxygens (including phenoxy) is 2. The zero-order valence-electron chi connectivity index (χ0n) is 12.2. The van der Waals surface area contributed by atoms with Gasteiger partial charge in [0.25, 0.3) is 0 Å². The Bertz CT molecular complexity index is 667. The Morgan fingerprint density at radius 3 is 2.52 bits per heavy atom. The van der Waals surface area contributed by atoms with Gasteiger partial charge in [0, 0.05) is 18.4 Å². The lowest BCUT2D eigenvalue weighted by Gasteiger charge is -2.38. The molecule has 2 aromatic rings. The van der Waals surface area contributed by atoms with E-state index in [9.17, 15) is 5.11 Å². The molecule has 3 heteroatoms. The van der Waals surface area contributed by atoms with E-state index in [0.717, 1.165) is 34.9 Å². The van der Waals surface area contributed by atoms with Crippen LogP contribution in [0.2, 0.25) is 0 Å². The molecule has 0 aliphatic carbocycles. The summed E-state index contributed by atoms with van der Waals surface area (Å²) >= 11 is 0. The van der Waals surface area contributed by atoms with Crippen LogP contribution in [0, 0.1) is 0 Å². The van der Waals surface area contributed by atoms with Crippen molar-refractivity contribution in [2.24, 2.45) is 0 Å². The summed E-state index contributed by atoms with van der Waals surface area (Å²) in [6.07, 6.45) is 3.79.